The van der Waals surface area contributed by atoms with Gasteiger partial charge < -0.3 is 20.8 Å². The van der Waals surface area contributed by atoms with Crippen LogP contribution in [-0.2, 0) is 0 Å². The van der Waals surface area contributed by atoms with E-state index in [9.17, 15) is 4.39 Å². The predicted molar refractivity (Wildman–Crippen MR) is 72.6 cm³/mol. The van der Waals surface area contributed by atoms with Gasteiger partial charge in [-0.15, -0.1) is 0 Å². The SMILES string of the molecule is CCC(Nc1cc(OC)c(F)cc1N)c1ncc[nH]1. The van der Waals surface area contributed by atoms with Gasteiger partial charge in [0.15, 0.2) is 11.6 Å². The second kappa shape index (κ2) is 5.60. The Bertz CT molecular complexity index is 542. The zero-order valence-corrected chi connectivity index (χ0v) is 10.9. The lowest BCUT2D eigenvalue weighted by Gasteiger charge is -2.18. The van der Waals surface area contributed by atoms with Gasteiger partial charge >= 0.3 is 0 Å². The van der Waals surface area contributed by atoms with Crippen LogP contribution in [0.3, 0.4) is 0 Å². The van der Waals surface area contributed by atoms with E-state index in [1.807, 2.05) is 6.92 Å². The molecule has 1 atom stereocenters. The van der Waals surface area contributed by atoms with Gasteiger partial charge in [0.25, 0.3) is 0 Å². The van der Waals surface area contributed by atoms with Gasteiger partial charge in [-0.1, -0.05) is 6.92 Å². The van der Waals surface area contributed by atoms with Crippen LogP contribution in [0, 0.1) is 5.82 Å². The number of anilines is 2. The van der Waals surface area contributed by atoms with Gasteiger partial charge in [-0.3, -0.25) is 0 Å². The molecule has 102 valence electrons. The van der Waals surface area contributed by atoms with Crippen LogP contribution in [0.4, 0.5) is 15.8 Å². The molecule has 0 aliphatic heterocycles. The minimum absolute atomic E-state index is 0.0209. The summed E-state index contributed by atoms with van der Waals surface area (Å²) in [5.74, 6) is 0.493. The van der Waals surface area contributed by atoms with Crippen LogP contribution in [0.1, 0.15) is 25.2 Å². The van der Waals surface area contributed by atoms with Gasteiger partial charge in [0.1, 0.15) is 5.82 Å². The van der Waals surface area contributed by atoms with Crippen LogP contribution in [-0.4, -0.2) is 17.1 Å². The monoisotopic (exact) mass is 264 g/mol. The third-order valence-electron chi connectivity index (χ3n) is 2.91. The van der Waals surface area contributed by atoms with E-state index in [0.717, 1.165) is 12.2 Å². The molecule has 2 aromatic rings. The molecule has 6 heteroatoms. The van der Waals surface area contributed by atoms with Gasteiger partial charge in [-0.05, 0) is 6.42 Å². The predicted octanol–water partition coefficient (Wildman–Crippen LogP) is 2.70. The molecule has 4 N–H and O–H groups in total. The Hall–Kier alpha value is -2.24. The molecule has 0 fully saturated rings. The lowest BCUT2D eigenvalue weighted by Crippen LogP contribution is -2.13. The number of imidazole rings is 1. The number of halogens is 1. The minimum Gasteiger partial charge on any atom is -0.494 e. The number of ether oxygens (including phenoxy) is 1. The number of nitrogens with one attached hydrogen (secondary N) is 2. The van der Waals surface area contributed by atoms with Gasteiger partial charge in [-0.2, -0.15) is 0 Å². The van der Waals surface area contributed by atoms with Crippen molar-refractivity contribution < 1.29 is 9.13 Å². The molecule has 0 aliphatic carbocycles. The summed E-state index contributed by atoms with van der Waals surface area (Å²) in [5, 5.41) is 3.24. The highest BCUT2D eigenvalue weighted by Gasteiger charge is 2.15. The van der Waals surface area contributed by atoms with E-state index in [2.05, 4.69) is 15.3 Å². The fourth-order valence-electron chi connectivity index (χ4n) is 1.87. The molecule has 0 amide bonds. The van der Waals surface area contributed by atoms with E-state index in [1.54, 1.807) is 18.5 Å². The average Bonchev–Trinajstić information content (AvgIpc) is 2.92. The van der Waals surface area contributed by atoms with Crippen LogP contribution in [0.25, 0.3) is 0 Å². The van der Waals surface area contributed by atoms with E-state index in [0.29, 0.717) is 11.4 Å². The van der Waals surface area contributed by atoms with Gasteiger partial charge in [0.2, 0.25) is 0 Å². The number of hydrogen-bond donors (Lipinski definition) is 3. The molecule has 5 nitrogen and oxygen atoms in total. The van der Waals surface area contributed by atoms with Gasteiger partial charge in [0, 0.05) is 24.5 Å². The van der Waals surface area contributed by atoms with E-state index in [1.165, 1.54) is 13.2 Å². The van der Waals surface area contributed by atoms with E-state index in [4.69, 9.17) is 10.5 Å². The first-order chi connectivity index (χ1) is 9.15. The third-order valence-corrected chi connectivity index (χ3v) is 2.91. The molecule has 0 radical (unpaired) electrons. The van der Waals surface area contributed by atoms with Crippen LogP contribution in [0.2, 0.25) is 0 Å². The van der Waals surface area contributed by atoms with Crippen molar-refractivity contribution in [3.8, 4) is 5.75 Å². The Morgan fingerprint density at radius 2 is 2.32 bits per heavy atom. The molecule has 2 rings (SSSR count). The maximum Gasteiger partial charge on any atom is 0.167 e. The number of nitrogens with zero attached hydrogens (tertiary/aromatic N) is 1. The Morgan fingerprint density at radius 1 is 1.53 bits per heavy atom. The lowest BCUT2D eigenvalue weighted by molar-refractivity contribution is 0.387. The number of benzene rings is 1. The number of H-pyrrole nitrogens is 1. The molecule has 1 aromatic heterocycles. The fourth-order valence-corrected chi connectivity index (χ4v) is 1.87. The second-order valence-electron chi connectivity index (χ2n) is 4.15. The highest BCUT2D eigenvalue weighted by molar-refractivity contribution is 5.69. The molecule has 0 bridgehead atoms. The summed E-state index contributed by atoms with van der Waals surface area (Å²) < 4.78 is 18.4. The summed E-state index contributed by atoms with van der Waals surface area (Å²) >= 11 is 0. The Balaban J connectivity index is 2.27. The van der Waals surface area contributed by atoms with Crippen molar-refractivity contribution in [1.29, 1.82) is 0 Å². The maximum atomic E-state index is 13.5. The number of nitrogens with two attached hydrogens (primary N) is 1. The quantitative estimate of drug-likeness (QED) is 0.726. The molecule has 19 heavy (non-hydrogen) atoms. The Labute approximate surface area is 111 Å². The van der Waals surface area contributed by atoms with E-state index >= 15 is 0 Å². The molecule has 0 saturated carbocycles. The number of rotatable bonds is 5. The van der Waals surface area contributed by atoms with Crippen molar-refractivity contribution in [2.75, 3.05) is 18.2 Å². The summed E-state index contributed by atoms with van der Waals surface area (Å²) in [6.07, 6.45) is 4.26. The Morgan fingerprint density at radius 3 is 2.89 bits per heavy atom. The van der Waals surface area contributed by atoms with E-state index < -0.39 is 5.82 Å². The third kappa shape index (κ3) is 2.78. The fraction of sp³-hybridized carbons (Fsp3) is 0.308. The normalized spacial score (nSPS) is 12.2. The number of hydrogen-bond acceptors (Lipinski definition) is 4. The van der Waals surface area contributed by atoms with Crippen LogP contribution < -0.4 is 15.8 Å². The molecule has 1 heterocycles. The van der Waals surface area contributed by atoms with Crippen molar-refractivity contribution >= 4 is 11.4 Å². The largest absolute Gasteiger partial charge is 0.494 e. The summed E-state index contributed by atoms with van der Waals surface area (Å²) in [4.78, 5) is 7.26. The van der Waals surface area contributed by atoms with Crippen LogP contribution in [0.5, 0.6) is 5.75 Å². The molecular formula is C13H17FN4O. The van der Waals surface area contributed by atoms with Crippen LogP contribution >= 0.6 is 0 Å². The van der Waals surface area contributed by atoms with Gasteiger partial charge in [0.05, 0.1) is 24.5 Å². The topological polar surface area (TPSA) is 76.0 Å². The first-order valence-electron chi connectivity index (χ1n) is 6.04. The summed E-state index contributed by atoms with van der Waals surface area (Å²) in [7, 11) is 1.42. The zero-order chi connectivity index (χ0) is 13.8. The second-order valence-corrected chi connectivity index (χ2v) is 4.15. The van der Waals surface area contributed by atoms with Gasteiger partial charge in [-0.25, -0.2) is 9.37 Å². The molecule has 1 unspecified atom stereocenters. The van der Waals surface area contributed by atoms with Crippen LogP contribution in [0.15, 0.2) is 24.5 Å². The zero-order valence-electron chi connectivity index (χ0n) is 10.9. The first kappa shape index (κ1) is 13.2. The smallest absolute Gasteiger partial charge is 0.167 e. The molecule has 0 saturated heterocycles. The number of methoxy groups -OCH3 is 1. The van der Waals surface area contributed by atoms with Crippen molar-refractivity contribution in [2.45, 2.75) is 19.4 Å². The lowest BCUT2D eigenvalue weighted by atomic mass is 10.1. The van der Waals surface area contributed by atoms with Crippen molar-refractivity contribution in [2.24, 2.45) is 0 Å². The Kier molecular flexibility index (Phi) is 3.89. The van der Waals surface area contributed by atoms with E-state index in [-0.39, 0.29) is 11.8 Å². The highest BCUT2D eigenvalue weighted by Crippen LogP contribution is 2.31. The highest BCUT2D eigenvalue weighted by atomic mass is 19.1. The standard InChI is InChI=1S/C13H17FN4O/c1-3-10(13-16-4-5-17-13)18-11-7-12(19-2)8(14)6-9(11)15/h4-7,10,18H,3,15H2,1-2H3,(H,16,17). The summed E-state index contributed by atoms with van der Waals surface area (Å²) in [5.41, 5.74) is 6.78. The number of aromatic nitrogens is 2. The van der Waals surface area contributed by atoms with Crippen molar-refractivity contribution in [3.05, 3.63) is 36.2 Å². The summed E-state index contributed by atoms with van der Waals surface area (Å²) in [6, 6.07) is 2.78. The first-order valence-corrected chi connectivity index (χ1v) is 6.04. The van der Waals surface area contributed by atoms with Crippen molar-refractivity contribution in [3.63, 3.8) is 0 Å². The number of nitrogen functional groups attached to an aromatic ring is 1. The average molecular weight is 264 g/mol. The molecule has 1 aromatic carbocycles. The molecular weight excluding hydrogens is 247 g/mol. The summed E-state index contributed by atoms with van der Waals surface area (Å²) in [6.45, 7) is 2.02. The molecule has 0 aliphatic rings. The maximum absolute atomic E-state index is 13.5. The number of aromatic amines is 1. The minimum atomic E-state index is -0.475. The van der Waals surface area contributed by atoms with Crippen molar-refractivity contribution in [1.82, 2.24) is 9.97 Å². The molecule has 0 spiro atoms.